The number of anilines is 1. The van der Waals surface area contributed by atoms with Crippen molar-refractivity contribution in [3.8, 4) is 0 Å². The Morgan fingerprint density at radius 2 is 2.15 bits per heavy atom. The number of piperidine rings is 3. The van der Waals surface area contributed by atoms with Gasteiger partial charge in [-0.1, -0.05) is 0 Å². The van der Waals surface area contributed by atoms with E-state index < -0.39 is 0 Å². The Labute approximate surface area is 119 Å². The number of nitrogens with one attached hydrogen (secondary N) is 2. The van der Waals surface area contributed by atoms with E-state index in [9.17, 15) is 4.79 Å². The third-order valence-electron chi connectivity index (χ3n) is 5.05. The van der Waals surface area contributed by atoms with Crippen LogP contribution in [-0.2, 0) is 6.42 Å². The fraction of sp³-hybridized carbons (Fsp3) is 0.562. The maximum Gasteiger partial charge on any atom is 0.251 e. The summed E-state index contributed by atoms with van der Waals surface area (Å²) >= 11 is 0. The van der Waals surface area contributed by atoms with E-state index in [0.717, 1.165) is 25.1 Å². The molecule has 0 spiro atoms. The minimum absolute atomic E-state index is 0.0958. The van der Waals surface area contributed by atoms with E-state index in [1.807, 2.05) is 18.2 Å². The predicted octanol–water partition coefficient (Wildman–Crippen LogP) is 1.48. The molecule has 2 bridgehead atoms. The maximum atomic E-state index is 12.4. The third-order valence-corrected chi connectivity index (χ3v) is 5.05. The zero-order chi connectivity index (χ0) is 13.5. The van der Waals surface area contributed by atoms with Crippen molar-refractivity contribution in [1.82, 2.24) is 10.2 Å². The van der Waals surface area contributed by atoms with Crippen LogP contribution in [0.1, 0.15) is 28.8 Å². The molecule has 2 N–H and O–H groups in total. The van der Waals surface area contributed by atoms with Crippen molar-refractivity contribution in [1.29, 1.82) is 0 Å². The van der Waals surface area contributed by atoms with E-state index in [1.54, 1.807) is 0 Å². The molecule has 4 aliphatic rings. The van der Waals surface area contributed by atoms with E-state index in [-0.39, 0.29) is 5.91 Å². The molecule has 4 heterocycles. The summed E-state index contributed by atoms with van der Waals surface area (Å²) in [6, 6.07) is 6.37. The number of hydrogen-bond donors (Lipinski definition) is 2. The van der Waals surface area contributed by atoms with Crippen molar-refractivity contribution in [2.45, 2.75) is 25.3 Å². The molecule has 3 fully saturated rings. The second kappa shape index (κ2) is 4.77. The number of amides is 1. The summed E-state index contributed by atoms with van der Waals surface area (Å²) in [5, 5.41) is 6.59. The van der Waals surface area contributed by atoms with Crippen LogP contribution in [0.2, 0.25) is 0 Å². The highest BCUT2D eigenvalue weighted by atomic mass is 16.1. The van der Waals surface area contributed by atoms with Crippen molar-refractivity contribution >= 4 is 11.6 Å². The zero-order valence-corrected chi connectivity index (χ0v) is 11.7. The highest BCUT2D eigenvalue weighted by Crippen LogP contribution is 2.28. The minimum Gasteiger partial charge on any atom is -0.384 e. The molecule has 0 aliphatic carbocycles. The lowest BCUT2D eigenvalue weighted by molar-refractivity contribution is 0.0620. The van der Waals surface area contributed by atoms with Crippen LogP contribution in [-0.4, -0.2) is 43.0 Å². The van der Waals surface area contributed by atoms with Crippen LogP contribution >= 0.6 is 0 Å². The van der Waals surface area contributed by atoms with E-state index in [1.165, 1.54) is 37.2 Å². The maximum absolute atomic E-state index is 12.4. The molecule has 0 unspecified atom stereocenters. The number of carbonyl (C=O) groups excluding carboxylic acids is 1. The first-order valence-corrected chi connectivity index (χ1v) is 7.69. The van der Waals surface area contributed by atoms with Gasteiger partial charge >= 0.3 is 0 Å². The van der Waals surface area contributed by atoms with E-state index in [0.29, 0.717) is 12.0 Å². The van der Waals surface area contributed by atoms with Crippen molar-refractivity contribution in [2.75, 3.05) is 31.5 Å². The van der Waals surface area contributed by atoms with Crippen LogP contribution < -0.4 is 10.6 Å². The van der Waals surface area contributed by atoms with Crippen LogP contribution in [0.4, 0.5) is 5.69 Å². The van der Waals surface area contributed by atoms with Crippen LogP contribution in [0.3, 0.4) is 0 Å². The molecule has 20 heavy (non-hydrogen) atoms. The van der Waals surface area contributed by atoms with Crippen molar-refractivity contribution in [2.24, 2.45) is 5.92 Å². The molecular weight excluding hydrogens is 250 g/mol. The largest absolute Gasteiger partial charge is 0.384 e. The summed E-state index contributed by atoms with van der Waals surface area (Å²) in [6.07, 6.45) is 3.49. The monoisotopic (exact) mass is 271 g/mol. The Kier molecular flexibility index (Phi) is 2.91. The van der Waals surface area contributed by atoms with Gasteiger partial charge in [0.2, 0.25) is 0 Å². The highest BCUT2D eigenvalue weighted by Gasteiger charge is 2.34. The van der Waals surface area contributed by atoms with Gasteiger partial charge in [-0.05, 0) is 62.0 Å². The summed E-state index contributed by atoms with van der Waals surface area (Å²) in [7, 11) is 0. The van der Waals surface area contributed by atoms with Gasteiger partial charge in [0.05, 0.1) is 0 Å². The molecule has 4 nitrogen and oxygen atoms in total. The molecule has 3 saturated heterocycles. The van der Waals surface area contributed by atoms with E-state index in [4.69, 9.17) is 0 Å². The molecule has 4 heteroatoms. The number of fused-ring (bicyclic) bond motifs is 4. The van der Waals surface area contributed by atoms with Crippen LogP contribution in [0.5, 0.6) is 0 Å². The van der Waals surface area contributed by atoms with Gasteiger partial charge in [-0.15, -0.1) is 0 Å². The van der Waals surface area contributed by atoms with Gasteiger partial charge in [0.25, 0.3) is 5.91 Å². The second-order valence-electron chi connectivity index (χ2n) is 6.27. The number of carbonyl (C=O) groups is 1. The summed E-state index contributed by atoms with van der Waals surface area (Å²) in [6.45, 7) is 4.44. The van der Waals surface area contributed by atoms with Gasteiger partial charge in [0.15, 0.2) is 0 Å². The van der Waals surface area contributed by atoms with Gasteiger partial charge < -0.3 is 15.5 Å². The van der Waals surface area contributed by atoms with E-state index in [2.05, 4.69) is 15.5 Å². The first kappa shape index (κ1) is 12.2. The normalized spacial score (nSPS) is 30.7. The van der Waals surface area contributed by atoms with Gasteiger partial charge in [0.1, 0.15) is 0 Å². The highest BCUT2D eigenvalue weighted by molar-refractivity contribution is 5.95. The fourth-order valence-corrected chi connectivity index (χ4v) is 3.83. The molecule has 5 rings (SSSR count). The topological polar surface area (TPSA) is 44.4 Å². The lowest BCUT2D eigenvalue weighted by atomic mass is 9.84. The Morgan fingerprint density at radius 3 is 2.90 bits per heavy atom. The van der Waals surface area contributed by atoms with Gasteiger partial charge in [-0.25, -0.2) is 0 Å². The summed E-state index contributed by atoms with van der Waals surface area (Å²) in [4.78, 5) is 14.9. The number of rotatable bonds is 2. The van der Waals surface area contributed by atoms with Gasteiger partial charge in [0, 0.05) is 30.4 Å². The number of benzene rings is 1. The first-order valence-electron chi connectivity index (χ1n) is 7.69. The molecule has 1 atom stereocenters. The minimum atomic E-state index is 0.0958. The zero-order valence-electron chi connectivity index (χ0n) is 11.7. The molecule has 0 radical (unpaired) electrons. The van der Waals surface area contributed by atoms with E-state index >= 15 is 0 Å². The average Bonchev–Trinajstić information content (AvgIpc) is 2.96. The average molecular weight is 271 g/mol. The lowest BCUT2D eigenvalue weighted by Crippen LogP contribution is -2.57. The Morgan fingerprint density at radius 1 is 1.30 bits per heavy atom. The summed E-state index contributed by atoms with van der Waals surface area (Å²) in [5.41, 5.74) is 3.26. The number of hydrogen-bond acceptors (Lipinski definition) is 3. The Bertz CT molecular complexity index is 535. The second-order valence-corrected chi connectivity index (χ2v) is 6.27. The van der Waals surface area contributed by atoms with Crippen LogP contribution in [0.15, 0.2) is 18.2 Å². The molecule has 106 valence electrons. The third kappa shape index (κ3) is 2.08. The van der Waals surface area contributed by atoms with Crippen molar-refractivity contribution in [3.63, 3.8) is 0 Å². The van der Waals surface area contributed by atoms with Gasteiger partial charge in [-0.2, -0.15) is 0 Å². The van der Waals surface area contributed by atoms with Crippen LogP contribution in [0.25, 0.3) is 0 Å². The first-order chi connectivity index (χ1) is 9.79. The molecule has 1 aromatic carbocycles. The van der Waals surface area contributed by atoms with Crippen molar-refractivity contribution in [3.05, 3.63) is 29.3 Å². The molecule has 0 aromatic heterocycles. The standard InChI is InChI=1S/C16H21N3O/c20-16(13-1-2-14-12(9-13)3-6-17-14)18-15-10-19-7-4-11(15)5-8-19/h1-2,9,11,15,17H,3-8,10H2,(H,18,20)/t15-/m0/s1. The molecule has 0 saturated carbocycles. The quantitative estimate of drug-likeness (QED) is 0.856. The van der Waals surface area contributed by atoms with Crippen molar-refractivity contribution < 1.29 is 4.79 Å². The smallest absolute Gasteiger partial charge is 0.251 e. The molecule has 4 aliphatic heterocycles. The predicted molar refractivity (Wildman–Crippen MR) is 79.1 cm³/mol. The Balaban J connectivity index is 1.48. The number of nitrogens with zero attached hydrogens (tertiary/aromatic N) is 1. The fourth-order valence-electron chi connectivity index (χ4n) is 3.83. The molecule has 1 aromatic rings. The lowest BCUT2D eigenvalue weighted by Gasteiger charge is -2.44. The SMILES string of the molecule is O=C(N[C@H]1CN2CCC1CC2)c1ccc2c(c1)CCN2. The van der Waals surface area contributed by atoms with Gasteiger partial charge in [-0.3, -0.25) is 4.79 Å². The molecule has 1 amide bonds. The Hall–Kier alpha value is -1.55. The molecular formula is C16H21N3O. The van der Waals surface area contributed by atoms with Crippen LogP contribution in [0, 0.1) is 5.92 Å². The summed E-state index contributed by atoms with van der Waals surface area (Å²) < 4.78 is 0. The summed E-state index contributed by atoms with van der Waals surface area (Å²) in [5.74, 6) is 0.776.